The van der Waals surface area contributed by atoms with Gasteiger partial charge in [-0.05, 0) is 54.3 Å². The molecule has 0 bridgehead atoms. The van der Waals surface area contributed by atoms with Gasteiger partial charge in [0, 0.05) is 5.69 Å². The fourth-order valence-electron chi connectivity index (χ4n) is 2.20. The third kappa shape index (κ3) is 1.99. The molecule has 0 amide bonds. The number of hydrogen-bond donors (Lipinski definition) is 1. The minimum Gasteiger partial charge on any atom is -0.454 e. The Kier molecular flexibility index (Phi) is 2.59. The molecule has 3 nitrogen and oxygen atoms in total. The van der Waals surface area contributed by atoms with Gasteiger partial charge in [-0.1, -0.05) is 12.1 Å². The summed E-state index contributed by atoms with van der Waals surface area (Å²) in [6.07, 6.45) is 0.855. The van der Waals surface area contributed by atoms with Gasteiger partial charge in [0.05, 0.1) is 0 Å². The van der Waals surface area contributed by atoms with Gasteiger partial charge in [-0.25, -0.2) is 0 Å². The summed E-state index contributed by atoms with van der Waals surface area (Å²) >= 11 is 0. The fourth-order valence-corrected chi connectivity index (χ4v) is 2.20. The zero-order valence-electron chi connectivity index (χ0n) is 10.3. The maximum Gasteiger partial charge on any atom is 0.231 e. The number of hydrogen-bond acceptors (Lipinski definition) is 3. The van der Waals surface area contributed by atoms with Crippen LogP contribution in [0.1, 0.15) is 16.7 Å². The van der Waals surface area contributed by atoms with Crippen molar-refractivity contribution in [3.05, 3.63) is 53.1 Å². The van der Waals surface area contributed by atoms with Crippen LogP contribution >= 0.6 is 0 Å². The first-order valence-electron chi connectivity index (χ1n) is 5.96. The van der Waals surface area contributed by atoms with E-state index < -0.39 is 0 Å². The second-order valence-corrected chi connectivity index (χ2v) is 4.55. The number of rotatable bonds is 2. The largest absolute Gasteiger partial charge is 0.454 e. The van der Waals surface area contributed by atoms with Gasteiger partial charge in [0.15, 0.2) is 11.5 Å². The summed E-state index contributed by atoms with van der Waals surface area (Å²) in [4.78, 5) is 0. The average Bonchev–Trinajstić information content (AvgIpc) is 2.76. The van der Waals surface area contributed by atoms with Crippen LogP contribution in [-0.4, -0.2) is 6.79 Å². The highest BCUT2D eigenvalue weighted by Gasteiger charge is 2.15. The van der Waals surface area contributed by atoms with Crippen molar-refractivity contribution in [2.45, 2.75) is 13.3 Å². The molecule has 2 N–H and O–H groups in total. The van der Waals surface area contributed by atoms with Crippen molar-refractivity contribution in [1.29, 1.82) is 0 Å². The molecule has 0 aliphatic carbocycles. The maximum atomic E-state index is 5.80. The van der Waals surface area contributed by atoms with Crippen molar-refractivity contribution in [3.63, 3.8) is 0 Å². The van der Waals surface area contributed by atoms with E-state index in [-0.39, 0.29) is 0 Å². The minimum absolute atomic E-state index is 0.316. The number of fused-ring (bicyclic) bond motifs is 1. The maximum absolute atomic E-state index is 5.80. The molecule has 1 aliphatic rings. The molecule has 92 valence electrons. The molecule has 3 rings (SSSR count). The Labute approximate surface area is 106 Å². The molecule has 0 unspecified atom stereocenters. The van der Waals surface area contributed by atoms with Crippen molar-refractivity contribution in [2.75, 3.05) is 12.5 Å². The molecular formula is C15H15NO2. The highest BCUT2D eigenvalue weighted by Crippen LogP contribution is 2.35. The predicted octanol–water partition coefficient (Wildman–Crippen LogP) is 2.90. The predicted molar refractivity (Wildman–Crippen MR) is 71.0 cm³/mol. The Hall–Kier alpha value is -2.16. The van der Waals surface area contributed by atoms with Crippen LogP contribution < -0.4 is 15.2 Å². The summed E-state index contributed by atoms with van der Waals surface area (Å²) in [7, 11) is 0. The molecule has 0 aromatic heterocycles. The van der Waals surface area contributed by atoms with E-state index in [2.05, 4.69) is 19.1 Å². The van der Waals surface area contributed by atoms with Crippen LogP contribution in [0, 0.1) is 6.92 Å². The number of ether oxygens (including phenoxy) is 2. The molecule has 0 spiro atoms. The molecule has 1 aliphatic heterocycles. The van der Waals surface area contributed by atoms with Gasteiger partial charge in [-0.15, -0.1) is 0 Å². The number of aryl methyl sites for hydroxylation is 1. The molecule has 0 radical (unpaired) electrons. The molecule has 0 fully saturated rings. The highest BCUT2D eigenvalue weighted by atomic mass is 16.7. The normalized spacial score (nSPS) is 12.7. The van der Waals surface area contributed by atoms with E-state index in [0.29, 0.717) is 6.79 Å². The zero-order chi connectivity index (χ0) is 12.5. The SMILES string of the molecule is Cc1cc2c(cc1Cc1cccc(N)c1)OCO2. The van der Waals surface area contributed by atoms with Crippen molar-refractivity contribution in [1.82, 2.24) is 0 Å². The Bertz CT molecular complexity index is 593. The zero-order valence-corrected chi connectivity index (χ0v) is 10.3. The minimum atomic E-state index is 0.316. The topological polar surface area (TPSA) is 44.5 Å². The van der Waals surface area contributed by atoms with Crippen molar-refractivity contribution in [2.24, 2.45) is 0 Å². The molecule has 3 heteroatoms. The lowest BCUT2D eigenvalue weighted by molar-refractivity contribution is 0.174. The first kappa shape index (κ1) is 11.0. The summed E-state index contributed by atoms with van der Waals surface area (Å²) in [5.41, 5.74) is 10.2. The summed E-state index contributed by atoms with van der Waals surface area (Å²) in [5.74, 6) is 1.67. The van der Waals surface area contributed by atoms with Crippen LogP contribution in [0.2, 0.25) is 0 Å². The number of benzene rings is 2. The Morgan fingerprint density at radius 1 is 1.11 bits per heavy atom. The van der Waals surface area contributed by atoms with Gasteiger partial charge < -0.3 is 15.2 Å². The molecule has 18 heavy (non-hydrogen) atoms. The van der Waals surface area contributed by atoms with Gasteiger partial charge in [0.2, 0.25) is 6.79 Å². The third-order valence-corrected chi connectivity index (χ3v) is 3.18. The smallest absolute Gasteiger partial charge is 0.231 e. The lowest BCUT2D eigenvalue weighted by Gasteiger charge is -2.08. The Balaban J connectivity index is 1.93. The quantitative estimate of drug-likeness (QED) is 0.822. The Morgan fingerprint density at radius 3 is 2.67 bits per heavy atom. The number of anilines is 1. The first-order valence-corrected chi connectivity index (χ1v) is 5.96. The number of nitrogen functional groups attached to an aromatic ring is 1. The van der Waals surface area contributed by atoms with Gasteiger partial charge >= 0.3 is 0 Å². The van der Waals surface area contributed by atoms with Gasteiger partial charge in [-0.3, -0.25) is 0 Å². The number of nitrogens with two attached hydrogens (primary N) is 1. The van der Waals surface area contributed by atoms with Crippen LogP contribution in [0.15, 0.2) is 36.4 Å². The molecule has 2 aromatic rings. The van der Waals surface area contributed by atoms with E-state index in [4.69, 9.17) is 15.2 Å². The molecule has 0 saturated heterocycles. The van der Waals surface area contributed by atoms with E-state index in [1.54, 1.807) is 0 Å². The molecule has 2 aromatic carbocycles. The van der Waals surface area contributed by atoms with Gasteiger partial charge in [-0.2, -0.15) is 0 Å². The van der Waals surface area contributed by atoms with E-state index in [1.807, 2.05) is 24.3 Å². The molecular weight excluding hydrogens is 226 g/mol. The summed E-state index contributed by atoms with van der Waals surface area (Å²) < 4.78 is 10.8. The van der Waals surface area contributed by atoms with E-state index >= 15 is 0 Å². The molecule has 1 heterocycles. The van der Waals surface area contributed by atoms with Crippen molar-refractivity contribution >= 4 is 5.69 Å². The lowest BCUT2D eigenvalue weighted by Crippen LogP contribution is -1.94. The summed E-state index contributed by atoms with van der Waals surface area (Å²) in [5, 5.41) is 0. The van der Waals surface area contributed by atoms with Gasteiger partial charge in [0.1, 0.15) is 0 Å². The second kappa shape index (κ2) is 4.26. The van der Waals surface area contributed by atoms with Crippen LogP contribution in [0.4, 0.5) is 5.69 Å². The highest BCUT2D eigenvalue weighted by molar-refractivity contribution is 5.50. The third-order valence-electron chi connectivity index (χ3n) is 3.18. The molecule has 0 atom stereocenters. The summed E-state index contributed by atoms with van der Waals surface area (Å²) in [6.45, 7) is 2.40. The van der Waals surface area contributed by atoms with Gasteiger partial charge in [0.25, 0.3) is 0 Å². The van der Waals surface area contributed by atoms with Crippen LogP contribution in [0.5, 0.6) is 11.5 Å². The van der Waals surface area contributed by atoms with Crippen LogP contribution in [-0.2, 0) is 6.42 Å². The van der Waals surface area contributed by atoms with E-state index in [0.717, 1.165) is 23.6 Å². The fraction of sp³-hybridized carbons (Fsp3) is 0.200. The Morgan fingerprint density at radius 2 is 1.89 bits per heavy atom. The molecule has 0 saturated carbocycles. The second-order valence-electron chi connectivity index (χ2n) is 4.55. The summed E-state index contributed by atoms with van der Waals surface area (Å²) in [6, 6.07) is 12.1. The monoisotopic (exact) mass is 241 g/mol. The lowest BCUT2D eigenvalue weighted by atomic mass is 9.99. The van der Waals surface area contributed by atoms with E-state index in [9.17, 15) is 0 Å². The van der Waals surface area contributed by atoms with Crippen LogP contribution in [0.25, 0.3) is 0 Å². The average molecular weight is 241 g/mol. The van der Waals surface area contributed by atoms with Crippen molar-refractivity contribution < 1.29 is 9.47 Å². The first-order chi connectivity index (χ1) is 8.72. The van der Waals surface area contributed by atoms with Crippen LogP contribution in [0.3, 0.4) is 0 Å². The standard InChI is InChI=1S/C15H15NO2/c1-10-5-14-15(18-9-17-14)8-12(10)6-11-3-2-4-13(16)7-11/h2-5,7-8H,6,9,16H2,1H3. The van der Waals surface area contributed by atoms with Crippen molar-refractivity contribution in [3.8, 4) is 11.5 Å². The van der Waals surface area contributed by atoms with E-state index in [1.165, 1.54) is 16.7 Å².